The lowest BCUT2D eigenvalue weighted by atomic mass is 10.0. The van der Waals surface area contributed by atoms with Crippen LogP contribution in [0.3, 0.4) is 0 Å². The normalized spacial score (nSPS) is 21.4. The van der Waals surface area contributed by atoms with Gasteiger partial charge < -0.3 is 15.0 Å². The number of nitrogens with one attached hydrogen (secondary N) is 1. The van der Waals surface area contributed by atoms with Crippen molar-refractivity contribution in [3.8, 4) is 0 Å². The van der Waals surface area contributed by atoms with Gasteiger partial charge in [0.25, 0.3) is 11.8 Å². The summed E-state index contributed by atoms with van der Waals surface area (Å²) >= 11 is 6.36. The second kappa shape index (κ2) is 10.8. The number of hydrogen-bond acceptors (Lipinski definition) is 5. The number of halogens is 2. The highest BCUT2D eigenvalue weighted by atomic mass is 35.5. The Balaban J connectivity index is 1.41. The summed E-state index contributed by atoms with van der Waals surface area (Å²) in [6.07, 6.45) is 4.92. The van der Waals surface area contributed by atoms with E-state index in [1.54, 1.807) is 6.07 Å². The van der Waals surface area contributed by atoms with Crippen molar-refractivity contribution >= 4 is 29.1 Å². The monoisotopic (exact) mass is 488 g/mol. The highest BCUT2D eigenvalue weighted by molar-refractivity contribution is 6.31. The molecule has 2 aromatic rings. The third kappa shape index (κ3) is 5.74. The molecule has 0 radical (unpaired) electrons. The van der Waals surface area contributed by atoms with Gasteiger partial charge in [0.05, 0.1) is 11.8 Å². The molecule has 9 heteroatoms. The quantitative estimate of drug-likeness (QED) is 0.687. The molecule has 0 aliphatic carbocycles. The Morgan fingerprint density at radius 3 is 2.76 bits per heavy atom. The summed E-state index contributed by atoms with van der Waals surface area (Å²) < 4.78 is 19.1. The second-order valence-corrected chi connectivity index (χ2v) is 9.49. The van der Waals surface area contributed by atoms with Gasteiger partial charge >= 0.3 is 0 Å². The maximum Gasteiger partial charge on any atom is 0.257 e. The van der Waals surface area contributed by atoms with Crippen LogP contribution in [0.25, 0.3) is 0 Å². The molecule has 2 aliphatic rings. The predicted octanol–water partition coefficient (Wildman–Crippen LogP) is 4.04. The highest BCUT2D eigenvalue weighted by Crippen LogP contribution is 2.27. The topological polar surface area (TPSA) is 74.8 Å². The van der Waals surface area contributed by atoms with E-state index in [1.165, 1.54) is 6.20 Å². The zero-order valence-electron chi connectivity index (χ0n) is 19.5. The Morgan fingerprint density at radius 2 is 2.06 bits per heavy atom. The summed E-state index contributed by atoms with van der Waals surface area (Å²) in [7, 11) is 0. The number of rotatable bonds is 5. The highest BCUT2D eigenvalue weighted by Gasteiger charge is 2.33. The molecule has 1 aromatic carbocycles. The van der Waals surface area contributed by atoms with Crippen LogP contribution in [-0.2, 0) is 16.1 Å². The van der Waals surface area contributed by atoms with Crippen molar-refractivity contribution in [2.45, 2.75) is 51.8 Å². The van der Waals surface area contributed by atoms with E-state index in [0.29, 0.717) is 30.4 Å². The number of nitrogens with zero attached hydrogens (tertiary/aromatic N) is 3. The first-order valence-corrected chi connectivity index (χ1v) is 12.0. The van der Waals surface area contributed by atoms with Gasteiger partial charge in [-0.3, -0.25) is 19.5 Å². The fourth-order valence-electron chi connectivity index (χ4n) is 4.63. The number of ether oxygens (including phenoxy) is 1. The summed E-state index contributed by atoms with van der Waals surface area (Å²) in [5.74, 6) is -0.922. The first-order valence-electron chi connectivity index (χ1n) is 11.7. The molecule has 1 N–H and O–H groups in total. The van der Waals surface area contributed by atoms with Crippen LogP contribution in [0.2, 0.25) is 5.02 Å². The van der Waals surface area contributed by atoms with Gasteiger partial charge in [-0.15, -0.1) is 0 Å². The molecule has 7 nitrogen and oxygen atoms in total. The third-order valence-corrected chi connectivity index (χ3v) is 6.76. The summed E-state index contributed by atoms with van der Waals surface area (Å²) in [6, 6.07) is 4.80. The lowest BCUT2D eigenvalue weighted by Crippen LogP contribution is -2.56. The van der Waals surface area contributed by atoms with Crippen molar-refractivity contribution in [2.24, 2.45) is 0 Å². The Bertz CT molecular complexity index is 1060. The molecule has 3 heterocycles. The fourth-order valence-corrected chi connectivity index (χ4v) is 4.87. The first kappa shape index (κ1) is 24.6. The number of piperazine rings is 1. The van der Waals surface area contributed by atoms with E-state index >= 15 is 0 Å². The van der Waals surface area contributed by atoms with E-state index in [1.807, 2.05) is 17.9 Å². The van der Waals surface area contributed by atoms with Crippen molar-refractivity contribution < 1.29 is 18.7 Å². The largest absolute Gasteiger partial charge is 0.368 e. The molecule has 2 aliphatic heterocycles. The molecule has 34 heavy (non-hydrogen) atoms. The molecule has 0 saturated carbocycles. The van der Waals surface area contributed by atoms with Crippen LogP contribution in [0.5, 0.6) is 0 Å². The fraction of sp³-hybridized carbons (Fsp3) is 0.480. The number of aromatic nitrogens is 1. The van der Waals surface area contributed by atoms with Crippen LogP contribution in [0.15, 0.2) is 30.6 Å². The number of anilines is 1. The average Bonchev–Trinajstić information content (AvgIpc) is 2.82. The molecule has 0 bridgehead atoms. The number of hydrogen-bond donors (Lipinski definition) is 1. The lowest BCUT2D eigenvalue weighted by Gasteiger charge is -2.41. The van der Waals surface area contributed by atoms with Crippen LogP contribution in [0.1, 0.15) is 47.7 Å². The Hall–Kier alpha value is -2.55. The third-order valence-electron chi connectivity index (χ3n) is 6.54. The molecule has 0 spiro atoms. The van der Waals surface area contributed by atoms with Crippen LogP contribution in [0.4, 0.5) is 10.1 Å². The van der Waals surface area contributed by atoms with Gasteiger partial charge in [0.1, 0.15) is 11.9 Å². The summed E-state index contributed by atoms with van der Waals surface area (Å²) in [5, 5.41) is 3.33. The smallest absolute Gasteiger partial charge is 0.257 e. The Morgan fingerprint density at radius 1 is 1.24 bits per heavy atom. The molecule has 182 valence electrons. The average molecular weight is 489 g/mol. The van der Waals surface area contributed by atoms with E-state index in [2.05, 4.69) is 22.1 Å². The number of carbonyl (C=O) groups excluding carboxylic acids is 2. The minimum Gasteiger partial charge on any atom is -0.368 e. The van der Waals surface area contributed by atoms with Crippen molar-refractivity contribution in [2.75, 3.05) is 31.6 Å². The SMILES string of the molecule is Cc1c(CN2CCN(C(=O)[C@@H]3CCCCO3)[C@@H](C)C2)cc(Cl)cc1NC(=O)c1cncc(F)c1. The van der Waals surface area contributed by atoms with Crippen molar-refractivity contribution in [3.05, 3.63) is 58.1 Å². The first-order chi connectivity index (χ1) is 16.3. The number of carbonyl (C=O) groups is 2. The molecule has 4 rings (SSSR count). The molecule has 1 aromatic heterocycles. The maximum absolute atomic E-state index is 13.4. The number of benzene rings is 1. The van der Waals surface area contributed by atoms with Gasteiger partial charge in [-0.1, -0.05) is 11.6 Å². The maximum atomic E-state index is 13.4. The summed E-state index contributed by atoms with van der Waals surface area (Å²) in [5.41, 5.74) is 2.59. The molecular weight excluding hydrogens is 459 g/mol. The zero-order valence-corrected chi connectivity index (χ0v) is 20.3. The van der Waals surface area contributed by atoms with Crippen LogP contribution < -0.4 is 5.32 Å². The van der Waals surface area contributed by atoms with E-state index in [-0.39, 0.29) is 23.6 Å². The number of pyridine rings is 1. The van der Waals surface area contributed by atoms with Crippen molar-refractivity contribution in [3.63, 3.8) is 0 Å². The van der Waals surface area contributed by atoms with E-state index in [9.17, 15) is 14.0 Å². The van der Waals surface area contributed by atoms with Crippen molar-refractivity contribution in [1.82, 2.24) is 14.8 Å². The van der Waals surface area contributed by atoms with Crippen LogP contribution in [-0.4, -0.2) is 65.0 Å². The molecular formula is C25H30ClFN4O3. The second-order valence-electron chi connectivity index (χ2n) is 9.05. The Kier molecular flexibility index (Phi) is 7.80. The van der Waals surface area contributed by atoms with E-state index in [4.69, 9.17) is 16.3 Å². The van der Waals surface area contributed by atoms with Gasteiger partial charge in [0, 0.05) is 55.7 Å². The molecule has 2 fully saturated rings. The van der Waals surface area contributed by atoms with Gasteiger partial charge in [0.15, 0.2) is 0 Å². The van der Waals surface area contributed by atoms with Crippen LogP contribution in [0, 0.1) is 12.7 Å². The molecule has 2 atom stereocenters. The van der Waals surface area contributed by atoms with Crippen molar-refractivity contribution in [1.29, 1.82) is 0 Å². The van der Waals surface area contributed by atoms with Gasteiger partial charge in [0.2, 0.25) is 0 Å². The van der Waals surface area contributed by atoms with E-state index < -0.39 is 11.7 Å². The summed E-state index contributed by atoms with van der Waals surface area (Å²) in [6.45, 7) is 7.42. The van der Waals surface area contributed by atoms with Gasteiger partial charge in [-0.2, -0.15) is 0 Å². The number of amides is 2. The minimum absolute atomic E-state index is 0.0749. The van der Waals surface area contributed by atoms with E-state index in [0.717, 1.165) is 55.7 Å². The van der Waals surface area contributed by atoms with Gasteiger partial charge in [-0.25, -0.2) is 4.39 Å². The standard InChI is InChI=1S/C25H30ClFN4O3/c1-16-14-30(6-7-31(16)25(33)23-5-3-4-8-34-23)15-19-9-20(26)11-22(17(19)2)29-24(32)18-10-21(27)13-28-12-18/h9-13,16,23H,3-8,14-15H2,1-2H3,(H,29,32)/t16-,23-/m0/s1. The lowest BCUT2D eigenvalue weighted by molar-refractivity contribution is -0.151. The summed E-state index contributed by atoms with van der Waals surface area (Å²) in [4.78, 5) is 33.5. The molecule has 2 amide bonds. The van der Waals surface area contributed by atoms with Crippen LogP contribution >= 0.6 is 11.6 Å². The molecule has 0 unspecified atom stereocenters. The molecule has 2 saturated heterocycles. The Labute approximate surface area is 204 Å². The van der Waals surface area contributed by atoms with Gasteiger partial charge in [-0.05, 0) is 62.4 Å². The zero-order chi connectivity index (χ0) is 24.2. The predicted molar refractivity (Wildman–Crippen MR) is 128 cm³/mol. The minimum atomic E-state index is -0.571.